The van der Waals surface area contributed by atoms with Crippen LogP contribution < -0.4 is 11.1 Å². The van der Waals surface area contributed by atoms with E-state index in [1.54, 1.807) is 33.2 Å². The highest BCUT2D eigenvalue weighted by atomic mass is 35.5. The van der Waals surface area contributed by atoms with Crippen LogP contribution in [-0.2, 0) is 6.54 Å². The number of carbonyl (C=O) groups excluding carboxylic acids is 1. The Hall–Kier alpha value is -3.91. The summed E-state index contributed by atoms with van der Waals surface area (Å²) in [7, 11) is 3.45. The zero-order valence-corrected chi connectivity index (χ0v) is 21.9. The second-order valence-corrected chi connectivity index (χ2v) is 8.98. The molecule has 36 heavy (non-hydrogen) atoms. The molecule has 8 nitrogen and oxygen atoms in total. The van der Waals surface area contributed by atoms with Gasteiger partial charge in [-0.1, -0.05) is 53.5 Å². The molecule has 3 aromatic rings. The molecule has 0 bridgehead atoms. The van der Waals surface area contributed by atoms with Crippen LogP contribution >= 0.6 is 11.6 Å². The van der Waals surface area contributed by atoms with E-state index in [2.05, 4.69) is 22.4 Å². The molecule has 0 atom stereocenters. The number of carbonyl (C=O) groups is 1. The number of anilines is 1. The van der Waals surface area contributed by atoms with Gasteiger partial charge in [0.05, 0.1) is 5.71 Å². The summed E-state index contributed by atoms with van der Waals surface area (Å²) in [6, 6.07) is 15.0. The maximum Gasteiger partial charge on any atom is 0.316 e. The highest BCUT2D eigenvalue weighted by Crippen LogP contribution is 2.22. The number of amides is 1. The quantitative estimate of drug-likeness (QED) is 0.369. The molecule has 3 rings (SSSR count). The summed E-state index contributed by atoms with van der Waals surface area (Å²) in [5, 5.41) is 12.0. The molecule has 0 aliphatic rings. The zero-order chi connectivity index (χ0) is 26.2. The molecule has 1 heterocycles. The molecule has 0 aliphatic carbocycles. The van der Waals surface area contributed by atoms with Gasteiger partial charge in [-0.15, -0.1) is 5.10 Å². The van der Waals surface area contributed by atoms with Gasteiger partial charge in [-0.05, 0) is 56.2 Å². The van der Waals surface area contributed by atoms with Gasteiger partial charge in [0, 0.05) is 42.5 Å². The first kappa shape index (κ1) is 26.7. The van der Waals surface area contributed by atoms with E-state index in [1.807, 2.05) is 49.4 Å². The Balaban J connectivity index is 1.91. The molecule has 0 saturated carbocycles. The van der Waals surface area contributed by atoms with Gasteiger partial charge in [0.15, 0.2) is 0 Å². The Labute approximate surface area is 216 Å². The molecule has 0 spiro atoms. The van der Waals surface area contributed by atoms with Crippen LogP contribution in [0, 0.1) is 0 Å². The number of allylic oxidation sites excluding steroid dienone is 3. The zero-order valence-electron chi connectivity index (χ0n) is 21.2. The fraction of sp³-hybridized carbons (Fsp3) is 0.259. The SMILES string of the molecule is CC/C(C)=C/C(=N/C(=C(\C)N)c1nnc(NCc2ccc(Cl)cc2)o1)c1ccc(C(=O)N(C)C)cc1. The highest BCUT2D eigenvalue weighted by molar-refractivity contribution is 6.30. The predicted molar refractivity (Wildman–Crippen MR) is 145 cm³/mol. The molecule has 0 radical (unpaired) electrons. The summed E-state index contributed by atoms with van der Waals surface area (Å²) in [6.45, 7) is 6.33. The fourth-order valence-electron chi connectivity index (χ4n) is 3.15. The third kappa shape index (κ3) is 7.05. The lowest BCUT2D eigenvalue weighted by molar-refractivity contribution is 0.0827. The van der Waals surface area contributed by atoms with Crippen molar-refractivity contribution in [1.82, 2.24) is 15.1 Å². The number of halogens is 1. The average Bonchev–Trinajstić information content (AvgIpc) is 3.34. The van der Waals surface area contributed by atoms with Crippen LogP contribution in [0.3, 0.4) is 0 Å². The molecule has 0 saturated heterocycles. The van der Waals surface area contributed by atoms with Gasteiger partial charge in [0.1, 0.15) is 5.70 Å². The van der Waals surface area contributed by atoms with Crippen LogP contribution in [0.5, 0.6) is 0 Å². The molecule has 0 fully saturated rings. The van der Waals surface area contributed by atoms with E-state index in [1.165, 1.54) is 4.90 Å². The van der Waals surface area contributed by atoms with Crippen LogP contribution in [0.2, 0.25) is 5.02 Å². The van der Waals surface area contributed by atoms with E-state index < -0.39 is 0 Å². The maximum absolute atomic E-state index is 12.3. The number of aromatic nitrogens is 2. The predicted octanol–water partition coefficient (Wildman–Crippen LogP) is 5.53. The number of aliphatic imine (C=N–C) groups is 1. The summed E-state index contributed by atoms with van der Waals surface area (Å²) in [5.41, 5.74) is 11.2. The number of nitrogens with two attached hydrogens (primary N) is 1. The summed E-state index contributed by atoms with van der Waals surface area (Å²) < 4.78 is 5.82. The first-order valence-electron chi connectivity index (χ1n) is 11.5. The summed E-state index contributed by atoms with van der Waals surface area (Å²) in [4.78, 5) is 18.6. The monoisotopic (exact) mass is 506 g/mol. The van der Waals surface area contributed by atoms with Crippen molar-refractivity contribution in [2.24, 2.45) is 10.7 Å². The molecule has 3 N–H and O–H groups in total. The number of hydrogen-bond acceptors (Lipinski definition) is 7. The van der Waals surface area contributed by atoms with E-state index in [0.29, 0.717) is 34.2 Å². The van der Waals surface area contributed by atoms with Crippen LogP contribution in [0.25, 0.3) is 5.70 Å². The fourth-order valence-corrected chi connectivity index (χ4v) is 3.28. The Kier molecular flexibility index (Phi) is 9.02. The van der Waals surface area contributed by atoms with Gasteiger partial charge in [-0.25, -0.2) is 4.99 Å². The lowest BCUT2D eigenvalue weighted by Gasteiger charge is -2.11. The molecular weight excluding hydrogens is 476 g/mol. The summed E-state index contributed by atoms with van der Waals surface area (Å²) in [5.74, 6) is 0.135. The minimum Gasteiger partial charge on any atom is -0.402 e. The molecular formula is C27H31ClN6O2. The van der Waals surface area contributed by atoms with E-state index in [0.717, 1.165) is 23.1 Å². The Morgan fingerprint density at radius 1 is 1.08 bits per heavy atom. The smallest absolute Gasteiger partial charge is 0.316 e. The molecule has 0 aliphatic heterocycles. The number of rotatable bonds is 9. The van der Waals surface area contributed by atoms with E-state index in [9.17, 15) is 4.79 Å². The van der Waals surface area contributed by atoms with Crippen molar-refractivity contribution in [1.29, 1.82) is 0 Å². The summed E-state index contributed by atoms with van der Waals surface area (Å²) in [6.07, 6.45) is 2.85. The van der Waals surface area contributed by atoms with E-state index in [4.69, 9.17) is 26.7 Å². The largest absolute Gasteiger partial charge is 0.402 e. The number of nitrogens with zero attached hydrogens (tertiary/aromatic N) is 4. The van der Waals surface area contributed by atoms with Crippen molar-refractivity contribution >= 4 is 34.9 Å². The van der Waals surface area contributed by atoms with Gasteiger partial charge in [-0.2, -0.15) is 0 Å². The van der Waals surface area contributed by atoms with Crippen molar-refractivity contribution in [3.8, 4) is 0 Å². The second-order valence-electron chi connectivity index (χ2n) is 8.54. The minimum atomic E-state index is -0.0665. The van der Waals surface area contributed by atoms with Crippen molar-refractivity contribution < 1.29 is 9.21 Å². The molecule has 188 valence electrons. The van der Waals surface area contributed by atoms with E-state index in [-0.39, 0.29) is 17.8 Å². The lowest BCUT2D eigenvalue weighted by atomic mass is 10.0. The number of nitrogens with one attached hydrogen (secondary N) is 1. The van der Waals surface area contributed by atoms with Crippen molar-refractivity contribution in [3.05, 3.63) is 93.5 Å². The topological polar surface area (TPSA) is 110 Å². The van der Waals surface area contributed by atoms with Gasteiger partial charge in [0.2, 0.25) is 0 Å². The number of hydrogen-bond donors (Lipinski definition) is 2. The third-order valence-electron chi connectivity index (χ3n) is 5.36. The first-order chi connectivity index (χ1) is 17.2. The van der Waals surface area contributed by atoms with Crippen LogP contribution in [0.15, 0.2) is 75.3 Å². The highest BCUT2D eigenvalue weighted by Gasteiger charge is 2.15. The lowest BCUT2D eigenvalue weighted by Crippen LogP contribution is -2.21. The van der Waals surface area contributed by atoms with E-state index >= 15 is 0 Å². The van der Waals surface area contributed by atoms with Crippen LogP contribution in [0.4, 0.5) is 6.01 Å². The summed E-state index contributed by atoms with van der Waals surface area (Å²) >= 11 is 5.95. The van der Waals surface area contributed by atoms with Gasteiger partial charge in [0.25, 0.3) is 11.8 Å². The Morgan fingerprint density at radius 3 is 2.31 bits per heavy atom. The van der Waals surface area contributed by atoms with Crippen molar-refractivity contribution in [2.75, 3.05) is 19.4 Å². The molecule has 1 aromatic heterocycles. The van der Waals surface area contributed by atoms with Gasteiger partial charge < -0.3 is 20.4 Å². The van der Waals surface area contributed by atoms with Crippen LogP contribution in [0.1, 0.15) is 54.6 Å². The van der Waals surface area contributed by atoms with Gasteiger partial charge >= 0.3 is 6.01 Å². The molecule has 9 heteroatoms. The van der Waals surface area contributed by atoms with Gasteiger partial charge in [-0.3, -0.25) is 4.79 Å². The Morgan fingerprint density at radius 2 is 1.72 bits per heavy atom. The molecule has 1 amide bonds. The van der Waals surface area contributed by atoms with Crippen LogP contribution in [-0.4, -0.2) is 40.8 Å². The molecule has 0 unspecified atom stereocenters. The minimum absolute atomic E-state index is 0.0665. The third-order valence-corrected chi connectivity index (χ3v) is 5.62. The first-order valence-corrected chi connectivity index (χ1v) is 11.9. The average molecular weight is 507 g/mol. The van der Waals surface area contributed by atoms with Crippen molar-refractivity contribution in [3.63, 3.8) is 0 Å². The number of benzene rings is 2. The Bertz CT molecular complexity index is 1280. The maximum atomic E-state index is 12.3. The van der Waals surface area contributed by atoms with Crippen molar-refractivity contribution in [2.45, 2.75) is 33.7 Å². The normalized spacial score (nSPS) is 12.8. The standard InChI is InChI=1S/C27H31ClN6O2/c1-6-17(2)15-23(20-9-11-21(12-10-20)26(35)34(4)5)31-24(18(3)29)25-32-33-27(36-25)30-16-19-7-13-22(28)14-8-19/h7-15H,6,16,29H2,1-5H3,(H,30,33)/b17-15+,24-18+,31-23-. The molecule has 2 aromatic carbocycles. The second kappa shape index (κ2) is 12.2.